The van der Waals surface area contributed by atoms with E-state index in [1.54, 1.807) is 24.3 Å². The average Bonchev–Trinajstić information content (AvgIpc) is 3.08. The van der Waals surface area contributed by atoms with Crippen molar-refractivity contribution in [3.05, 3.63) is 35.4 Å². The lowest BCUT2D eigenvalue weighted by molar-refractivity contribution is -0.138. The van der Waals surface area contributed by atoms with Gasteiger partial charge < -0.3 is 9.84 Å². The van der Waals surface area contributed by atoms with E-state index in [1.165, 1.54) is 7.11 Å². The molecule has 1 fully saturated rings. The number of benzene rings is 1. The van der Waals surface area contributed by atoms with Gasteiger partial charge in [-0.1, -0.05) is 12.1 Å². The van der Waals surface area contributed by atoms with Gasteiger partial charge in [0.2, 0.25) is 0 Å². The maximum absolute atomic E-state index is 11.2. The highest BCUT2D eigenvalue weighted by atomic mass is 16.5. The monoisotopic (exact) mass is 220 g/mol. The van der Waals surface area contributed by atoms with E-state index in [9.17, 15) is 9.59 Å². The molecule has 1 aromatic rings. The number of hydrogen-bond acceptors (Lipinski definition) is 3. The Morgan fingerprint density at radius 2 is 1.94 bits per heavy atom. The molecule has 4 nitrogen and oxygen atoms in total. The van der Waals surface area contributed by atoms with Crippen molar-refractivity contribution in [3.63, 3.8) is 0 Å². The van der Waals surface area contributed by atoms with E-state index >= 15 is 0 Å². The summed E-state index contributed by atoms with van der Waals surface area (Å²) in [5.74, 6) is -1.28. The van der Waals surface area contributed by atoms with Gasteiger partial charge in [0, 0.05) is 0 Å². The molecule has 1 saturated carbocycles. The molecule has 84 valence electrons. The fourth-order valence-electron chi connectivity index (χ4n) is 1.82. The van der Waals surface area contributed by atoms with E-state index in [1.807, 2.05) is 0 Å². The van der Waals surface area contributed by atoms with Crippen LogP contribution in [0.1, 0.15) is 28.3 Å². The number of rotatable bonds is 3. The number of carbonyl (C=O) groups is 2. The second kappa shape index (κ2) is 3.96. The highest BCUT2D eigenvalue weighted by Gasteiger charge is 2.44. The number of hydrogen-bond donors (Lipinski definition) is 1. The molecule has 0 aliphatic heterocycles. The maximum Gasteiger partial charge on any atom is 0.337 e. The second-order valence-electron chi connectivity index (χ2n) is 3.90. The molecule has 4 heteroatoms. The predicted molar refractivity (Wildman–Crippen MR) is 56.3 cm³/mol. The van der Waals surface area contributed by atoms with Crippen LogP contribution in [0.15, 0.2) is 24.3 Å². The molecule has 1 aliphatic carbocycles. The summed E-state index contributed by atoms with van der Waals surface area (Å²) in [6.07, 6.45) is 0.687. The maximum atomic E-state index is 11.2. The Morgan fingerprint density at radius 3 is 2.38 bits per heavy atom. The molecule has 2 rings (SSSR count). The third-order valence-electron chi connectivity index (χ3n) is 2.87. The van der Waals surface area contributed by atoms with Crippen molar-refractivity contribution in [1.29, 1.82) is 0 Å². The van der Waals surface area contributed by atoms with Gasteiger partial charge >= 0.3 is 11.9 Å². The van der Waals surface area contributed by atoms with Crippen LogP contribution in [0.4, 0.5) is 0 Å². The largest absolute Gasteiger partial charge is 0.481 e. The minimum atomic E-state index is -0.748. The molecule has 0 heterocycles. The molecular weight excluding hydrogens is 208 g/mol. The van der Waals surface area contributed by atoms with Crippen molar-refractivity contribution in [2.75, 3.05) is 7.11 Å². The number of carboxylic acid groups (broad SMARTS) is 1. The van der Waals surface area contributed by atoms with Crippen molar-refractivity contribution < 1.29 is 19.4 Å². The van der Waals surface area contributed by atoms with E-state index < -0.39 is 5.97 Å². The predicted octanol–water partition coefficient (Wildman–Crippen LogP) is 1.66. The summed E-state index contributed by atoms with van der Waals surface area (Å²) in [4.78, 5) is 21.9. The van der Waals surface area contributed by atoms with E-state index in [0.717, 1.165) is 5.56 Å². The lowest BCUT2D eigenvalue weighted by Crippen LogP contribution is -2.01. The number of methoxy groups -OCH3 is 1. The quantitative estimate of drug-likeness (QED) is 0.787. The summed E-state index contributed by atoms with van der Waals surface area (Å²) >= 11 is 0. The van der Waals surface area contributed by atoms with Gasteiger partial charge in [0.15, 0.2) is 0 Å². The Labute approximate surface area is 92.8 Å². The number of carbonyl (C=O) groups excluding carboxylic acids is 1. The summed E-state index contributed by atoms with van der Waals surface area (Å²) < 4.78 is 4.58. The van der Waals surface area contributed by atoms with E-state index in [-0.39, 0.29) is 17.8 Å². The molecule has 1 N–H and O–H groups in total. The molecule has 1 aromatic carbocycles. The van der Waals surface area contributed by atoms with Crippen LogP contribution in [-0.4, -0.2) is 24.2 Å². The van der Waals surface area contributed by atoms with Crippen LogP contribution in [0.25, 0.3) is 0 Å². The van der Waals surface area contributed by atoms with Crippen LogP contribution in [0, 0.1) is 5.92 Å². The van der Waals surface area contributed by atoms with Crippen LogP contribution in [-0.2, 0) is 9.53 Å². The zero-order valence-electron chi connectivity index (χ0n) is 8.84. The van der Waals surface area contributed by atoms with Gasteiger partial charge in [-0.2, -0.15) is 0 Å². The van der Waals surface area contributed by atoms with Gasteiger partial charge in [-0.05, 0) is 30.0 Å². The van der Waals surface area contributed by atoms with Crippen LogP contribution in [0.3, 0.4) is 0 Å². The summed E-state index contributed by atoms with van der Waals surface area (Å²) in [5, 5.41) is 8.79. The lowest BCUT2D eigenvalue weighted by Gasteiger charge is -2.01. The average molecular weight is 220 g/mol. The first-order chi connectivity index (χ1) is 7.63. The number of esters is 1. The van der Waals surface area contributed by atoms with E-state index in [2.05, 4.69) is 4.74 Å². The Hall–Kier alpha value is -1.84. The fourth-order valence-corrected chi connectivity index (χ4v) is 1.82. The second-order valence-corrected chi connectivity index (χ2v) is 3.90. The lowest BCUT2D eigenvalue weighted by atomic mass is 10.1. The van der Waals surface area contributed by atoms with E-state index in [4.69, 9.17) is 5.11 Å². The number of aliphatic carboxylic acids is 1. The number of ether oxygens (including phenoxy) is 1. The standard InChI is InChI=1S/C12H12O4/c1-16-12(15)8-4-2-7(3-5-8)9-6-10(9)11(13)14/h2-5,9-10H,6H2,1H3,(H,13,14)/t9?,10-/m0/s1. The third-order valence-corrected chi connectivity index (χ3v) is 2.87. The van der Waals surface area contributed by atoms with Gasteiger partial charge in [0.1, 0.15) is 0 Å². The number of carboxylic acids is 1. The molecule has 16 heavy (non-hydrogen) atoms. The molecule has 1 unspecified atom stereocenters. The molecule has 0 amide bonds. The van der Waals surface area contributed by atoms with E-state index in [0.29, 0.717) is 12.0 Å². The molecule has 0 radical (unpaired) electrons. The van der Waals surface area contributed by atoms with Crippen LogP contribution in [0.5, 0.6) is 0 Å². The van der Waals surface area contributed by atoms with Crippen molar-refractivity contribution >= 4 is 11.9 Å². The first kappa shape index (κ1) is 10.7. The van der Waals surface area contributed by atoms with Gasteiger partial charge in [0.05, 0.1) is 18.6 Å². The topological polar surface area (TPSA) is 63.6 Å². The SMILES string of the molecule is COC(=O)c1ccc(C2C[C@@H]2C(=O)O)cc1. The molecule has 0 aromatic heterocycles. The van der Waals surface area contributed by atoms with Crippen molar-refractivity contribution in [1.82, 2.24) is 0 Å². The van der Waals surface area contributed by atoms with Gasteiger partial charge in [-0.3, -0.25) is 4.79 Å². The van der Waals surface area contributed by atoms with Crippen LogP contribution in [0.2, 0.25) is 0 Å². The smallest absolute Gasteiger partial charge is 0.337 e. The Balaban J connectivity index is 2.09. The molecule has 0 bridgehead atoms. The Morgan fingerprint density at radius 1 is 1.31 bits per heavy atom. The molecule has 2 atom stereocenters. The zero-order valence-corrected chi connectivity index (χ0v) is 8.84. The zero-order chi connectivity index (χ0) is 11.7. The normalized spacial score (nSPS) is 22.6. The molecule has 0 saturated heterocycles. The fraction of sp³-hybridized carbons (Fsp3) is 0.333. The first-order valence-electron chi connectivity index (χ1n) is 5.04. The molecular formula is C12H12O4. The van der Waals surface area contributed by atoms with Crippen molar-refractivity contribution in [3.8, 4) is 0 Å². The van der Waals surface area contributed by atoms with Gasteiger partial charge in [-0.25, -0.2) is 4.79 Å². The summed E-state index contributed by atoms with van der Waals surface area (Å²) in [6.45, 7) is 0. The van der Waals surface area contributed by atoms with Crippen molar-refractivity contribution in [2.24, 2.45) is 5.92 Å². The summed E-state index contributed by atoms with van der Waals surface area (Å²) in [6, 6.07) is 6.91. The first-order valence-corrected chi connectivity index (χ1v) is 5.04. The minimum absolute atomic E-state index is 0.101. The van der Waals surface area contributed by atoms with Crippen LogP contribution >= 0.6 is 0 Å². The molecule has 0 spiro atoms. The Bertz CT molecular complexity index is 421. The molecule has 1 aliphatic rings. The van der Waals surface area contributed by atoms with Gasteiger partial charge in [-0.15, -0.1) is 0 Å². The van der Waals surface area contributed by atoms with Crippen LogP contribution < -0.4 is 0 Å². The van der Waals surface area contributed by atoms with Crippen molar-refractivity contribution in [2.45, 2.75) is 12.3 Å². The Kier molecular flexibility index (Phi) is 2.64. The summed E-state index contributed by atoms with van der Waals surface area (Å²) in [7, 11) is 1.33. The van der Waals surface area contributed by atoms with Gasteiger partial charge in [0.25, 0.3) is 0 Å². The minimum Gasteiger partial charge on any atom is -0.481 e. The third kappa shape index (κ3) is 1.91. The summed E-state index contributed by atoms with van der Waals surface area (Å²) in [5.41, 5.74) is 1.46. The highest BCUT2D eigenvalue weighted by molar-refractivity contribution is 5.89. The highest BCUT2D eigenvalue weighted by Crippen LogP contribution is 2.47.